The van der Waals surface area contributed by atoms with Crippen molar-refractivity contribution in [3.8, 4) is 0 Å². The molecule has 1 heterocycles. The van der Waals surface area contributed by atoms with Crippen molar-refractivity contribution in [1.29, 1.82) is 0 Å². The molecule has 0 saturated carbocycles. The van der Waals surface area contributed by atoms with Gasteiger partial charge in [0.15, 0.2) is 0 Å². The number of hydrogen-bond acceptors (Lipinski definition) is 4. The Labute approximate surface area is 82.7 Å². The first-order valence-corrected chi connectivity index (χ1v) is 5.54. The third-order valence-corrected chi connectivity index (χ3v) is 2.81. The molecule has 0 aliphatic carbocycles. The molecule has 0 saturated heterocycles. The van der Waals surface area contributed by atoms with Crippen molar-refractivity contribution in [3.05, 3.63) is 35.9 Å². The molecule has 0 fully saturated rings. The third kappa shape index (κ3) is 1.93. The van der Waals surface area contributed by atoms with Crippen LogP contribution in [0.4, 0.5) is 0 Å². The number of nitrogens with zero attached hydrogens (tertiary/aromatic N) is 1. The molecule has 1 aliphatic heterocycles. The summed E-state index contributed by atoms with van der Waals surface area (Å²) < 4.78 is 0. The van der Waals surface area contributed by atoms with E-state index < -0.39 is 14.2 Å². The zero-order chi connectivity index (χ0) is 9.97. The van der Waals surface area contributed by atoms with Gasteiger partial charge < -0.3 is 14.6 Å². The first kappa shape index (κ1) is 9.59. The monoisotopic (exact) mass is 211 g/mol. The van der Waals surface area contributed by atoms with Crippen LogP contribution in [-0.2, 0) is 4.84 Å². The molecule has 0 spiro atoms. The van der Waals surface area contributed by atoms with Gasteiger partial charge in [-0.05, 0) is 5.56 Å². The van der Waals surface area contributed by atoms with Crippen LogP contribution in [0.15, 0.2) is 35.5 Å². The van der Waals surface area contributed by atoms with Crippen LogP contribution in [0.5, 0.6) is 0 Å². The predicted molar refractivity (Wildman–Crippen MR) is 53.8 cm³/mol. The predicted octanol–water partition coefficient (Wildman–Crippen LogP) is 1.43. The van der Waals surface area contributed by atoms with Gasteiger partial charge in [-0.2, -0.15) is 0 Å². The van der Waals surface area contributed by atoms with Gasteiger partial charge in [0.05, 0.1) is 5.71 Å². The highest BCUT2D eigenvalue weighted by Gasteiger charge is 2.28. The van der Waals surface area contributed by atoms with Crippen LogP contribution in [0.3, 0.4) is 0 Å². The number of benzene rings is 1. The maximum Gasteiger partial charge on any atom is 0.212 e. The maximum atomic E-state index is 8.94. The molecule has 0 bridgehead atoms. The Hall–Kier alpha value is -0.960. The summed E-state index contributed by atoms with van der Waals surface area (Å²) in [7, 11) is -2.06. The topological polar surface area (TPSA) is 62.0 Å². The van der Waals surface area contributed by atoms with E-state index in [2.05, 4.69) is 5.16 Å². The molecule has 1 unspecified atom stereocenters. The third-order valence-electron chi connectivity index (χ3n) is 2.02. The Morgan fingerprint density at radius 3 is 2.57 bits per heavy atom. The normalized spacial score (nSPS) is 20.8. The number of hydrogen-bond donors (Lipinski definition) is 2. The molecule has 0 radical (unpaired) electrons. The van der Waals surface area contributed by atoms with E-state index in [4.69, 9.17) is 14.6 Å². The van der Waals surface area contributed by atoms with Gasteiger partial charge in [0.25, 0.3) is 0 Å². The van der Waals surface area contributed by atoms with Gasteiger partial charge in [-0.3, -0.25) is 0 Å². The van der Waals surface area contributed by atoms with Gasteiger partial charge in [-0.25, -0.2) is 0 Å². The minimum absolute atomic E-state index is 0.461. The molecule has 4 nitrogen and oxygen atoms in total. The van der Waals surface area contributed by atoms with Gasteiger partial charge in [0.1, 0.15) is 0 Å². The van der Waals surface area contributed by atoms with Crippen molar-refractivity contribution in [2.75, 3.05) is 0 Å². The van der Waals surface area contributed by atoms with E-state index in [9.17, 15) is 0 Å². The van der Waals surface area contributed by atoms with Crippen molar-refractivity contribution >= 4 is 14.1 Å². The van der Waals surface area contributed by atoms with E-state index in [1.807, 2.05) is 30.3 Å². The molecule has 14 heavy (non-hydrogen) atoms. The van der Waals surface area contributed by atoms with E-state index in [0.717, 1.165) is 11.3 Å². The van der Waals surface area contributed by atoms with Gasteiger partial charge in [0, 0.05) is 6.42 Å². The van der Waals surface area contributed by atoms with Crippen molar-refractivity contribution in [2.45, 2.75) is 12.3 Å². The number of rotatable bonds is 2. The fourth-order valence-corrected chi connectivity index (χ4v) is 1.76. The highest BCUT2D eigenvalue weighted by atomic mass is 31.2. The lowest BCUT2D eigenvalue weighted by atomic mass is 10.1. The lowest BCUT2D eigenvalue weighted by molar-refractivity contribution is 0.129. The highest BCUT2D eigenvalue weighted by molar-refractivity contribution is 7.45. The summed E-state index contributed by atoms with van der Waals surface area (Å²) in [4.78, 5) is 22.8. The zero-order valence-electron chi connectivity index (χ0n) is 7.37. The van der Waals surface area contributed by atoms with E-state index >= 15 is 0 Å². The molecule has 74 valence electrons. The smallest absolute Gasteiger partial charge is 0.212 e. The summed E-state index contributed by atoms with van der Waals surface area (Å²) in [5.41, 5.74) is 1.73. The molecular formula is C9H10NO3P. The fourth-order valence-electron chi connectivity index (χ4n) is 1.29. The second-order valence-corrected chi connectivity index (χ2v) is 4.21. The summed E-state index contributed by atoms with van der Waals surface area (Å²) >= 11 is 0. The molecule has 2 N–H and O–H groups in total. The molecule has 0 amide bonds. The second-order valence-electron chi connectivity index (χ2n) is 2.99. The van der Waals surface area contributed by atoms with Crippen LogP contribution in [0.25, 0.3) is 0 Å². The van der Waals surface area contributed by atoms with Gasteiger partial charge in [-0.15, -0.1) is 0 Å². The molecule has 1 aliphatic rings. The van der Waals surface area contributed by atoms with E-state index in [1.165, 1.54) is 0 Å². The lowest BCUT2D eigenvalue weighted by Gasteiger charge is -2.07. The molecule has 1 aromatic carbocycles. The zero-order valence-corrected chi connectivity index (χ0v) is 8.26. The largest absolute Gasteiger partial charge is 0.382 e. The maximum absolute atomic E-state index is 8.94. The Morgan fingerprint density at radius 2 is 2.00 bits per heavy atom. The minimum Gasteiger partial charge on any atom is -0.382 e. The molecule has 2 rings (SSSR count). The quantitative estimate of drug-likeness (QED) is 0.727. The Kier molecular flexibility index (Phi) is 2.77. The van der Waals surface area contributed by atoms with E-state index in [1.54, 1.807) is 0 Å². The van der Waals surface area contributed by atoms with Crippen LogP contribution in [0.1, 0.15) is 12.0 Å². The molecule has 1 aromatic rings. The standard InChI is InChI=1S/C9H10NO3P/c11-14(12)9-6-8(10-13-9)7-4-2-1-3-5-7/h1-5,9,11-12H,6H2. The van der Waals surface area contributed by atoms with Gasteiger partial charge >= 0.3 is 0 Å². The van der Waals surface area contributed by atoms with E-state index in [-0.39, 0.29) is 0 Å². The fraction of sp³-hybridized carbons (Fsp3) is 0.222. The van der Waals surface area contributed by atoms with Crippen molar-refractivity contribution in [2.24, 2.45) is 5.16 Å². The minimum atomic E-state index is -2.06. The second kappa shape index (κ2) is 4.05. The van der Waals surface area contributed by atoms with Crippen molar-refractivity contribution in [1.82, 2.24) is 0 Å². The van der Waals surface area contributed by atoms with Crippen LogP contribution in [-0.4, -0.2) is 21.3 Å². The number of oxime groups is 1. The van der Waals surface area contributed by atoms with Gasteiger partial charge in [0.2, 0.25) is 14.2 Å². The Bertz CT molecular complexity index is 339. The van der Waals surface area contributed by atoms with Crippen LogP contribution in [0.2, 0.25) is 0 Å². The Morgan fingerprint density at radius 1 is 1.29 bits per heavy atom. The lowest BCUT2D eigenvalue weighted by Crippen LogP contribution is -2.05. The molecule has 5 heteroatoms. The van der Waals surface area contributed by atoms with Crippen LogP contribution in [0, 0.1) is 0 Å². The Balaban J connectivity index is 2.09. The first-order valence-electron chi connectivity index (χ1n) is 4.22. The first-order chi connectivity index (χ1) is 6.77. The average Bonchev–Trinajstić information content (AvgIpc) is 2.68. The van der Waals surface area contributed by atoms with Crippen molar-refractivity contribution < 1.29 is 14.6 Å². The summed E-state index contributed by atoms with van der Waals surface area (Å²) in [5, 5.41) is 3.82. The highest BCUT2D eigenvalue weighted by Crippen LogP contribution is 2.38. The summed E-state index contributed by atoms with van der Waals surface area (Å²) in [6.45, 7) is 0. The van der Waals surface area contributed by atoms with Crippen molar-refractivity contribution in [3.63, 3.8) is 0 Å². The summed E-state index contributed by atoms with van der Waals surface area (Å²) in [6, 6.07) is 9.57. The van der Waals surface area contributed by atoms with E-state index in [0.29, 0.717) is 6.42 Å². The van der Waals surface area contributed by atoms with Gasteiger partial charge in [-0.1, -0.05) is 35.5 Å². The molecular weight excluding hydrogens is 201 g/mol. The summed E-state index contributed by atoms with van der Waals surface area (Å²) in [5.74, 6) is -0.569. The van der Waals surface area contributed by atoms with Crippen LogP contribution < -0.4 is 0 Å². The average molecular weight is 211 g/mol. The van der Waals surface area contributed by atoms with Crippen LogP contribution >= 0.6 is 8.38 Å². The molecule has 1 atom stereocenters. The SMILES string of the molecule is OP(O)C1CC(c2ccccc2)=NO1. The summed E-state index contributed by atoms with van der Waals surface area (Å²) in [6.07, 6.45) is 0.461. The molecule has 0 aromatic heterocycles.